The number of allylic oxidation sites excluding steroid dienone is 1. The minimum atomic E-state index is -0.433. The molecule has 0 heterocycles. The Bertz CT molecular complexity index is 694. The number of ether oxygens (including phenoxy) is 1. The predicted octanol–water partition coefficient (Wildman–Crippen LogP) is 2.81. The lowest BCUT2D eigenvalue weighted by Crippen LogP contribution is -2.56. The van der Waals surface area contributed by atoms with Crippen LogP contribution in [-0.4, -0.2) is 51.5 Å². The molecule has 0 amide bonds. The first-order valence-electron chi connectivity index (χ1n) is 10.5. The van der Waals surface area contributed by atoms with Crippen LogP contribution in [0.4, 0.5) is 0 Å². The van der Waals surface area contributed by atoms with E-state index < -0.39 is 6.10 Å². The second-order valence-corrected chi connectivity index (χ2v) is 11.4. The Labute approximate surface area is 175 Å². The lowest BCUT2D eigenvalue weighted by molar-refractivity contribution is -0.158. The molecule has 3 N–H and O–H groups in total. The molecule has 4 aliphatic rings. The van der Waals surface area contributed by atoms with E-state index in [-0.39, 0.29) is 64.1 Å². The van der Waals surface area contributed by atoms with E-state index in [4.69, 9.17) is 4.74 Å². The van der Waals surface area contributed by atoms with Gasteiger partial charge in [-0.15, -0.1) is 0 Å². The first-order valence-corrected chi connectivity index (χ1v) is 11.4. The van der Waals surface area contributed by atoms with Crippen molar-refractivity contribution in [1.82, 2.24) is 0 Å². The van der Waals surface area contributed by atoms with E-state index in [2.05, 4.69) is 35.9 Å². The molecule has 0 unspecified atom stereocenters. The summed E-state index contributed by atoms with van der Waals surface area (Å²) in [5.41, 5.74) is 0.765. The number of rotatable bonds is 4. The molecule has 0 bridgehead atoms. The van der Waals surface area contributed by atoms with Crippen LogP contribution in [0.25, 0.3) is 0 Å². The largest absolute Gasteiger partial charge is 0.462 e. The van der Waals surface area contributed by atoms with Gasteiger partial charge in [-0.1, -0.05) is 41.4 Å². The second-order valence-electron chi connectivity index (χ2n) is 10.3. The summed E-state index contributed by atoms with van der Waals surface area (Å²) < 4.78 is 5.71. The first-order chi connectivity index (χ1) is 13.1. The number of alkyl halides is 1. The van der Waals surface area contributed by atoms with Gasteiger partial charge in [-0.3, -0.25) is 4.79 Å². The molecular formula is C22H33BrO5. The molecule has 5 nitrogen and oxygen atoms in total. The number of halogens is 1. The van der Waals surface area contributed by atoms with E-state index >= 15 is 0 Å². The minimum absolute atomic E-state index is 0.00715. The molecule has 0 aromatic carbocycles. The maximum Gasteiger partial charge on any atom is 0.302 e. The fourth-order valence-electron chi connectivity index (χ4n) is 7.10. The van der Waals surface area contributed by atoms with Crippen LogP contribution in [0, 0.1) is 34.0 Å². The Morgan fingerprint density at radius 2 is 2.04 bits per heavy atom. The molecule has 0 aromatic rings. The standard InChI is InChI=1S/C22H33BrO5/c1-12(26)28-17-9-21(3)14-4-5-20(2,19(23)10-24)7-13(14)16(27)6-18(21)22(11-25)8-15(17)22/h4,13,15-19,24-25,27H,5-11H2,1-3H3/t13-,15+,16-,17-,18+,19+,20-,21+,22+/m1/s1. The summed E-state index contributed by atoms with van der Waals surface area (Å²) >= 11 is 3.63. The van der Waals surface area contributed by atoms with Crippen molar-refractivity contribution >= 4 is 21.9 Å². The molecule has 6 heteroatoms. The van der Waals surface area contributed by atoms with Gasteiger partial charge >= 0.3 is 5.97 Å². The van der Waals surface area contributed by atoms with Crippen molar-refractivity contribution in [2.24, 2.45) is 34.0 Å². The summed E-state index contributed by atoms with van der Waals surface area (Å²) in [6, 6.07) is 0. The Kier molecular flexibility index (Phi) is 5.05. The highest BCUT2D eigenvalue weighted by Gasteiger charge is 2.72. The zero-order valence-corrected chi connectivity index (χ0v) is 18.6. The van der Waals surface area contributed by atoms with E-state index in [0.717, 1.165) is 25.7 Å². The zero-order valence-electron chi connectivity index (χ0n) is 17.0. The van der Waals surface area contributed by atoms with Crippen molar-refractivity contribution in [2.45, 2.75) is 69.9 Å². The van der Waals surface area contributed by atoms with Gasteiger partial charge in [0.2, 0.25) is 0 Å². The van der Waals surface area contributed by atoms with E-state index in [1.54, 1.807) is 0 Å². The van der Waals surface area contributed by atoms with Crippen molar-refractivity contribution in [2.75, 3.05) is 13.2 Å². The summed E-state index contributed by atoms with van der Waals surface area (Å²) in [6.45, 7) is 6.05. The van der Waals surface area contributed by atoms with Gasteiger partial charge in [0.05, 0.1) is 12.7 Å². The number of aliphatic hydroxyl groups is 3. The molecule has 0 spiro atoms. The van der Waals surface area contributed by atoms with Gasteiger partial charge in [-0.2, -0.15) is 0 Å². The Hall–Kier alpha value is -0.430. The Morgan fingerprint density at radius 3 is 2.64 bits per heavy atom. The van der Waals surface area contributed by atoms with Crippen LogP contribution in [0.3, 0.4) is 0 Å². The van der Waals surface area contributed by atoms with Gasteiger partial charge in [0, 0.05) is 35.6 Å². The van der Waals surface area contributed by atoms with Gasteiger partial charge in [-0.05, 0) is 48.9 Å². The molecule has 158 valence electrons. The number of carbonyl (C=O) groups excluding carboxylic acids is 1. The number of fused-ring (bicyclic) bond motifs is 5. The summed E-state index contributed by atoms with van der Waals surface area (Å²) in [5.74, 6) is 0.212. The highest BCUT2D eigenvalue weighted by atomic mass is 79.9. The zero-order chi connectivity index (χ0) is 20.5. The molecule has 0 aliphatic heterocycles. The van der Waals surface area contributed by atoms with Gasteiger partial charge in [0.15, 0.2) is 0 Å². The molecule has 0 saturated heterocycles. The lowest BCUT2D eigenvalue weighted by Gasteiger charge is -2.58. The number of hydrogen-bond acceptors (Lipinski definition) is 5. The van der Waals surface area contributed by atoms with Gasteiger partial charge in [0.25, 0.3) is 0 Å². The van der Waals surface area contributed by atoms with Crippen LogP contribution < -0.4 is 0 Å². The highest BCUT2D eigenvalue weighted by molar-refractivity contribution is 9.09. The number of carbonyl (C=O) groups is 1. The first kappa shape index (κ1) is 20.8. The van der Waals surface area contributed by atoms with Crippen molar-refractivity contribution in [3.8, 4) is 0 Å². The molecule has 0 aromatic heterocycles. The van der Waals surface area contributed by atoms with Gasteiger partial charge < -0.3 is 20.1 Å². The molecule has 0 radical (unpaired) electrons. The monoisotopic (exact) mass is 456 g/mol. The summed E-state index contributed by atoms with van der Waals surface area (Å²) in [4.78, 5) is 11.7. The van der Waals surface area contributed by atoms with Crippen molar-refractivity contribution in [3.05, 3.63) is 11.6 Å². The molecule has 3 fully saturated rings. The average Bonchev–Trinajstić information content (AvgIpc) is 3.39. The normalized spacial score (nSPS) is 50.5. The highest BCUT2D eigenvalue weighted by Crippen LogP contribution is 2.74. The molecule has 9 atom stereocenters. The van der Waals surface area contributed by atoms with Crippen LogP contribution in [0.2, 0.25) is 0 Å². The Balaban J connectivity index is 1.71. The van der Waals surface area contributed by atoms with Crippen LogP contribution in [0.15, 0.2) is 11.6 Å². The van der Waals surface area contributed by atoms with E-state index in [1.165, 1.54) is 12.5 Å². The van der Waals surface area contributed by atoms with Gasteiger partial charge in [0.1, 0.15) is 6.10 Å². The summed E-state index contributed by atoms with van der Waals surface area (Å²) in [6.07, 6.45) is 5.70. The fraction of sp³-hybridized carbons (Fsp3) is 0.864. The van der Waals surface area contributed by atoms with Gasteiger partial charge in [-0.25, -0.2) is 0 Å². The van der Waals surface area contributed by atoms with E-state index in [9.17, 15) is 20.1 Å². The number of aliphatic hydroxyl groups excluding tert-OH is 3. The number of esters is 1. The predicted molar refractivity (Wildman–Crippen MR) is 109 cm³/mol. The van der Waals surface area contributed by atoms with E-state index in [0.29, 0.717) is 6.42 Å². The molecule has 3 saturated carbocycles. The smallest absolute Gasteiger partial charge is 0.302 e. The fourth-order valence-corrected chi connectivity index (χ4v) is 7.48. The summed E-state index contributed by atoms with van der Waals surface area (Å²) in [5, 5.41) is 31.1. The van der Waals surface area contributed by atoms with Crippen molar-refractivity contribution in [3.63, 3.8) is 0 Å². The maximum absolute atomic E-state index is 11.7. The minimum Gasteiger partial charge on any atom is -0.462 e. The lowest BCUT2D eigenvalue weighted by atomic mass is 9.48. The second kappa shape index (κ2) is 6.79. The maximum atomic E-state index is 11.7. The van der Waals surface area contributed by atoms with E-state index in [1.807, 2.05) is 0 Å². The van der Waals surface area contributed by atoms with Crippen LogP contribution in [-0.2, 0) is 9.53 Å². The molecule has 28 heavy (non-hydrogen) atoms. The average molecular weight is 457 g/mol. The third kappa shape index (κ3) is 2.85. The van der Waals surface area contributed by atoms with Crippen LogP contribution in [0.1, 0.15) is 52.9 Å². The quantitative estimate of drug-likeness (QED) is 0.344. The van der Waals surface area contributed by atoms with Crippen LogP contribution >= 0.6 is 15.9 Å². The topological polar surface area (TPSA) is 87.0 Å². The van der Waals surface area contributed by atoms with Crippen LogP contribution in [0.5, 0.6) is 0 Å². The Morgan fingerprint density at radius 1 is 1.32 bits per heavy atom. The number of hydrogen-bond donors (Lipinski definition) is 3. The SMILES string of the molecule is CC(=O)O[C@@H]1C[C@@]2(C)C3=CC[C@@](C)([C@@H](Br)CO)C[C@H]3[C@H](O)C[C@@H]2[C@]2(CO)C[C@@H]12. The third-order valence-electron chi connectivity index (χ3n) is 8.72. The summed E-state index contributed by atoms with van der Waals surface area (Å²) in [7, 11) is 0. The molecule has 4 rings (SSSR count). The molecule has 4 aliphatic carbocycles. The van der Waals surface area contributed by atoms with Crippen molar-refractivity contribution < 1.29 is 24.9 Å². The third-order valence-corrected chi connectivity index (χ3v) is 10.1. The van der Waals surface area contributed by atoms with Crippen molar-refractivity contribution in [1.29, 1.82) is 0 Å². The molecular weight excluding hydrogens is 424 g/mol.